The predicted molar refractivity (Wildman–Crippen MR) is 78.1 cm³/mol. The maximum atomic E-state index is 5.92. The SMILES string of the molecule is CCCn1ncc(OC)c1C(NN)C1CC2CCC1C2. The van der Waals surface area contributed by atoms with Crippen molar-refractivity contribution < 1.29 is 4.74 Å². The fourth-order valence-electron chi connectivity index (χ4n) is 4.35. The normalized spacial score (nSPS) is 29.9. The quantitative estimate of drug-likeness (QED) is 0.619. The largest absolute Gasteiger partial charge is 0.493 e. The zero-order valence-electron chi connectivity index (χ0n) is 12.5. The van der Waals surface area contributed by atoms with E-state index in [-0.39, 0.29) is 6.04 Å². The smallest absolute Gasteiger partial charge is 0.161 e. The van der Waals surface area contributed by atoms with Crippen molar-refractivity contribution in [2.75, 3.05) is 7.11 Å². The number of hydrogen-bond donors (Lipinski definition) is 2. The summed E-state index contributed by atoms with van der Waals surface area (Å²) in [4.78, 5) is 0. The Morgan fingerprint density at radius 2 is 2.35 bits per heavy atom. The monoisotopic (exact) mass is 278 g/mol. The van der Waals surface area contributed by atoms with E-state index in [1.54, 1.807) is 7.11 Å². The Hall–Kier alpha value is -1.07. The molecule has 0 radical (unpaired) electrons. The zero-order valence-corrected chi connectivity index (χ0v) is 12.5. The number of aryl methyl sites for hydroxylation is 1. The van der Waals surface area contributed by atoms with Gasteiger partial charge in [-0.2, -0.15) is 5.10 Å². The van der Waals surface area contributed by atoms with Crippen molar-refractivity contribution in [3.63, 3.8) is 0 Å². The lowest BCUT2D eigenvalue weighted by Crippen LogP contribution is -2.37. The molecule has 0 aliphatic heterocycles. The van der Waals surface area contributed by atoms with Gasteiger partial charge in [-0.15, -0.1) is 0 Å². The summed E-state index contributed by atoms with van der Waals surface area (Å²) < 4.78 is 7.58. The van der Waals surface area contributed by atoms with Crippen molar-refractivity contribution in [1.29, 1.82) is 0 Å². The zero-order chi connectivity index (χ0) is 14.1. The van der Waals surface area contributed by atoms with Gasteiger partial charge in [-0.1, -0.05) is 13.3 Å². The van der Waals surface area contributed by atoms with Crippen LogP contribution in [0.3, 0.4) is 0 Å². The van der Waals surface area contributed by atoms with Crippen molar-refractivity contribution in [3.8, 4) is 5.75 Å². The molecule has 112 valence electrons. The van der Waals surface area contributed by atoms with Gasteiger partial charge < -0.3 is 4.74 Å². The van der Waals surface area contributed by atoms with Crippen LogP contribution in [0.15, 0.2) is 6.20 Å². The van der Waals surface area contributed by atoms with Gasteiger partial charge in [0.25, 0.3) is 0 Å². The van der Waals surface area contributed by atoms with Crippen molar-refractivity contribution in [3.05, 3.63) is 11.9 Å². The molecule has 2 aliphatic carbocycles. The van der Waals surface area contributed by atoms with Crippen LogP contribution in [0.1, 0.15) is 50.8 Å². The highest BCUT2D eigenvalue weighted by atomic mass is 16.5. The number of nitrogens with zero attached hydrogens (tertiary/aromatic N) is 2. The maximum absolute atomic E-state index is 5.92. The molecule has 5 heteroatoms. The van der Waals surface area contributed by atoms with Crippen molar-refractivity contribution in [1.82, 2.24) is 15.2 Å². The molecule has 2 aliphatic rings. The van der Waals surface area contributed by atoms with Gasteiger partial charge in [-0.05, 0) is 43.4 Å². The van der Waals surface area contributed by atoms with Crippen LogP contribution in [0.2, 0.25) is 0 Å². The van der Waals surface area contributed by atoms with E-state index in [9.17, 15) is 0 Å². The molecule has 2 bridgehead atoms. The van der Waals surface area contributed by atoms with E-state index in [2.05, 4.69) is 22.1 Å². The highest BCUT2D eigenvalue weighted by Crippen LogP contribution is 2.53. The molecule has 4 atom stereocenters. The third-order valence-corrected chi connectivity index (χ3v) is 5.20. The number of rotatable bonds is 6. The lowest BCUT2D eigenvalue weighted by Gasteiger charge is -2.30. The third-order valence-electron chi connectivity index (χ3n) is 5.20. The van der Waals surface area contributed by atoms with Crippen molar-refractivity contribution in [2.45, 2.75) is 51.6 Å². The summed E-state index contributed by atoms with van der Waals surface area (Å²) in [6.07, 6.45) is 8.32. The minimum absolute atomic E-state index is 0.161. The summed E-state index contributed by atoms with van der Waals surface area (Å²) in [5.41, 5.74) is 4.20. The van der Waals surface area contributed by atoms with E-state index in [0.717, 1.165) is 36.2 Å². The summed E-state index contributed by atoms with van der Waals surface area (Å²) in [6, 6.07) is 0.161. The minimum atomic E-state index is 0.161. The lowest BCUT2D eigenvalue weighted by atomic mass is 9.82. The number of hydrazine groups is 1. The van der Waals surface area contributed by atoms with Crippen LogP contribution in [0.5, 0.6) is 5.75 Å². The first kappa shape index (κ1) is 13.9. The first-order valence-corrected chi connectivity index (χ1v) is 7.84. The molecule has 2 fully saturated rings. The van der Waals surface area contributed by atoms with E-state index in [1.807, 2.05) is 6.20 Å². The predicted octanol–water partition coefficient (Wildman–Crippen LogP) is 2.24. The third kappa shape index (κ3) is 2.23. The average molecular weight is 278 g/mol. The molecule has 3 rings (SSSR count). The van der Waals surface area contributed by atoms with Gasteiger partial charge in [0.1, 0.15) is 0 Å². The Bertz CT molecular complexity index is 459. The Morgan fingerprint density at radius 1 is 1.50 bits per heavy atom. The molecule has 1 heterocycles. The number of nitrogens with one attached hydrogen (secondary N) is 1. The Balaban J connectivity index is 1.90. The second kappa shape index (κ2) is 5.74. The summed E-state index contributed by atoms with van der Waals surface area (Å²) in [7, 11) is 1.71. The molecule has 0 spiro atoms. The van der Waals surface area contributed by atoms with Crippen LogP contribution in [0.4, 0.5) is 0 Å². The molecule has 5 nitrogen and oxygen atoms in total. The van der Waals surface area contributed by atoms with Crippen LogP contribution in [0.25, 0.3) is 0 Å². The van der Waals surface area contributed by atoms with Crippen LogP contribution in [0, 0.1) is 17.8 Å². The molecular weight excluding hydrogens is 252 g/mol. The van der Waals surface area contributed by atoms with Crippen molar-refractivity contribution >= 4 is 0 Å². The van der Waals surface area contributed by atoms with E-state index in [1.165, 1.54) is 25.7 Å². The van der Waals surface area contributed by atoms with E-state index >= 15 is 0 Å². The number of nitrogens with two attached hydrogens (primary N) is 1. The fourth-order valence-corrected chi connectivity index (χ4v) is 4.35. The summed E-state index contributed by atoms with van der Waals surface area (Å²) >= 11 is 0. The molecule has 20 heavy (non-hydrogen) atoms. The lowest BCUT2D eigenvalue weighted by molar-refractivity contribution is 0.237. The maximum Gasteiger partial charge on any atom is 0.161 e. The van der Waals surface area contributed by atoms with Crippen molar-refractivity contribution in [2.24, 2.45) is 23.6 Å². The number of aromatic nitrogens is 2. The number of fused-ring (bicyclic) bond motifs is 2. The van der Waals surface area contributed by atoms with Crippen LogP contribution in [-0.2, 0) is 6.54 Å². The Kier molecular flexibility index (Phi) is 3.98. The van der Waals surface area contributed by atoms with Crippen LogP contribution >= 0.6 is 0 Å². The molecule has 4 unspecified atom stereocenters. The summed E-state index contributed by atoms with van der Waals surface area (Å²) in [6.45, 7) is 3.08. The van der Waals surface area contributed by atoms with Gasteiger partial charge >= 0.3 is 0 Å². The highest BCUT2D eigenvalue weighted by molar-refractivity contribution is 5.29. The van der Waals surface area contributed by atoms with Gasteiger partial charge in [-0.3, -0.25) is 16.0 Å². The molecular formula is C15H26N4O. The van der Waals surface area contributed by atoms with E-state index in [0.29, 0.717) is 5.92 Å². The first-order chi connectivity index (χ1) is 9.78. The molecule has 0 aromatic carbocycles. The standard InChI is InChI=1S/C15H26N4O/c1-3-6-19-15(13(20-2)9-17-19)14(18-16)12-8-10-4-5-11(12)7-10/h9-12,14,18H,3-8,16H2,1-2H3. The topological polar surface area (TPSA) is 65.1 Å². The molecule has 1 aromatic rings. The molecule has 1 aromatic heterocycles. The second-order valence-corrected chi connectivity index (χ2v) is 6.30. The highest BCUT2D eigenvalue weighted by Gasteiger charge is 2.44. The van der Waals surface area contributed by atoms with Gasteiger partial charge in [-0.25, -0.2) is 0 Å². The average Bonchev–Trinajstić information content (AvgIpc) is 3.16. The van der Waals surface area contributed by atoms with Crippen LogP contribution < -0.4 is 16.0 Å². The summed E-state index contributed by atoms with van der Waals surface area (Å²) in [5, 5.41) is 4.48. The molecule has 3 N–H and O–H groups in total. The Labute approximate surface area is 120 Å². The number of hydrogen-bond acceptors (Lipinski definition) is 4. The number of methoxy groups -OCH3 is 1. The Morgan fingerprint density at radius 3 is 2.90 bits per heavy atom. The minimum Gasteiger partial charge on any atom is -0.493 e. The first-order valence-electron chi connectivity index (χ1n) is 7.84. The number of ether oxygens (including phenoxy) is 1. The molecule has 0 amide bonds. The van der Waals surface area contributed by atoms with Gasteiger partial charge in [0.05, 0.1) is 25.0 Å². The van der Waals surface area contributed by atoms with Gasteiger partial charge in [0.2, 0.25) is 0 Å². The van der Waals surface area contributed by atoms with E-state index < -0.39 is 0 Å². The molecule has 0 saturated heterocycles. The second-order valence-electron chi connectivity index (χ2n) is 6.30. The van der Waals surface area contributed by atoms with Crippen LogP contribution in [-0.4, -0.2) is 16.9 Å². The van der Waals surface area contributed by atoms with E-state index in [4.69, 9.17) is 10.6 Å². The molecule has 2 saturated carbocycles. The summed E-state index contributed by atoms with van der Waals surface area (Å²) in [5.74, 6) is 9.13. The van der Waals surface area contributed by atoms with Gasteiger partial charge in [0.15, 0.2) is 5.75 Å². The fraction of sp³-hybridized carbons (Fsp3) is 0.800. The van der Waals surface area contributed by atoms with Gasteiger partial charge in [0, 0.05) is 6.54 Å².